The van der Waals surface area contributed by atoms with Gasteiger partial charge in [-0.2, -0.15) is 4.37 Å². The number of benzene rings is 1. The van der Waals surface area contributed by atoms with Crippen molar-refractivity contribution in [3.05, 3.63) is 53.1 Å². The van der Waals surface area contributed by atoms with E-state index in [9.17, 15) is 4.79 Å². The van der Waals surface area contributed by atoms with Gasteiger partial charge in [0.2, 0.25) is 5.13 Å². The molecule has 0 N–H and O–H groups in total. The molecule has 4 nitrogen and oxygen atoms in total. The minimum Gasteiger partial charge on any atom is -0.269 e. The Hall–Kier alpha value is -2.01. The van der Waals surface area contributed by atoms with Crippen LogP contribution in [0.25, 0.3) is 16.0 Å². The summed E-state index contributed by atoms with van der Waals surface area (Å²) in [6.45, 7) is 0. The molecule has 5 heteroatoms. The maximum atomic E-state index is 11.8. The molecule has 2 heterocycles. The zero-order valence-electron chi connectivity index (χ0n) is 8.20. The van der Waals surface area contributed by atoms with E-state index < -0.39 is 0 Å². The van der Waals surface area contributed by atoms with E-state index in [-0.39, 0.29) is 5.56 Å². The Kier molecular flexibility index (Phi) is 2.04. The van der Waals surface area contributed by atoms with Crippen molar-refractivity contribution >= 4 is 22.4 Å². The average molecular weight is 229 g/mol. The fraction of sp³-hybridized carbons (Fsp3) is 0. The Bertz CT molecular complexity index is 688. The number of rotatable bonds is 1. The van der Waals surface area contributed by atoms with Gasteiger partial charge in [0, 0.05) is 17.6 Å². The van der Waals surface area contributed by atoms with E-state index in [1.807, 2.05) is 30.3 Å². The molecule has 16 heavy (non-hydrogen) atoms. The Morgan fingerprint density at radius 3 is 2.81 bits per heavy atom. The Labute approximate surface area is 95.0 Å². The lowest BCUT2D eigenvalue weighted by Gasteiger charge is -2.05. The first-order valence-electron chi connectivity index (χ1n) is 4.74. The van der Waals surface area contributed by atoms with Crippen molar-refractivity contribution in [1.29, 1.82) is 0 Å². The van der Waals surface area contributed by atoms with Crippen molar-refractivity contribution in [2.24, 2.45) is 0 Å². The van der Waals surface area contributed by atoms with Gasteiger partial charge in [-0.25, -0.2) is 4.98 Å². The summed E-state index contributed by atoms with van der Waals surface area (Å²) in [5.41, 5.74) is 0.766. The first-order valence-corrected chi connectivity index (χ1v) is 5.51. The summed E-state index contributed by atoms with van der Waals surface area (Å²) in [6.07, 6.45) is 1.45. The molecule has 0 spiro atoms. The fourth-order valence-corrected chi connectivity index (χ4v) is 2.20. The van der Waals surface area contributed by atoms with Gasteiger partial charge in [-0.3, -0.25) is 9.36 Å². The van der Waals surface area contributed by atoms with Crippen LogP contribution < -0.4 is 5.56 Å². The number of fused-ring (bicyclic) bond motifs is 1. The zero-order valence-corrected chi connectivity index (χ0v) is 9.02. The topological polar surface area (TPSA) is 47.8 Å². The van der Waals surface area contributed by atoms with Gasteiger partial charge in [-0.1, -0.05) is 18.2 Å². The van der Waals surface area contributed by atoms with Crippen molar-refractivity contribution in [3.63, 3.8) is 0 Å². The minimum atomic E-state index is -0.0875. The molecule has 0 saturated heterocycles. The van der Waals surface area contributed by atoms with Crippen molar-refractivity contribution in [1.82, 2.24) is 13.9 Å². The predicted octanol–water partition coefficient (Wildman–Crippen LogP) is 1.84. The molecule has 3 aromatic rings. The van der Waals surface area contributed by atoms with Crippen molar-refractivity contribution in [2.45, 2.75) is 0 Å². The summed E-state index contributed by atoms with van der Waals surface area (Å²) in [4.78, 5) is 15.9. The van der Waals surface area contributed by atoms with E-state index in [0.29, 0.717) is 5.13 Å². The Morgan fingerprint density at radius 2 is 2.00 bits per heavy atom. The maximum absolute atomic E-state index is 11.8. The second-order valence-corrected chi connectivity index (χ2v) is 4.05. The van der Waals surface area contributed by atoms with Crippen molar-refractivity contribution in [3.8, 4) is 5.13 Å². The molecule has 0 aliphatic carbocycles. The highest BCUT2D eigenvalue weighted by molar-refractivity contribution is 7.08. The first kappa shape index (κ1) is 9.23. The van der Waals surface area contributed by atoms with Crippen LogP contribution in [0, 0.1) is 0 Å². The van der Waals surface area contributed by atoms with E-state index in [1.165, 1.54) is 17.9 Å². The van der Waals surface area contributed by atoms with Crippen LogP contribution in [0.5, 0.6) is 0 Å². The van der Waals surface area contributed by atoms with Crippen LogP contribution in [0.15, 0.2) is 47.5 Å². The van der Waals surface area contributed by atoms with Crippen LogP contribution in [0.4, 0.5) is 0 Å². The van der Waals surface area contributed by atoms with E-state index >= 15 is 0 Å². The molecular formula is C11H7N3OS. The van der Waals surface area contributed by atoms with E-state index in [0.717, 1.165) is 10.9 Å². The van der Waals surface area contributed by atoms with Crippen LogP contribution in [-0.4, -0.2) is 13.9 Å². The lowest BCUT2D eigenvalue weighted by Crippen LogP contribution is -2.16. The number of hydrogen-bond acceptors (Lipinski definition) is 4. The number of aromatic nitrogens is 3. The fourth-order valence-electron chi connectivity index (χ4n) is 1.65. The lowest BCUT2D eigenvalue weighted by molar-refractivity contribution is 1.02. The molecule has 1 aromatic carbocycles. The smallest absolute Gasteiger partial charge is 0.257 e. The van der Waals surface area contributed by atoms with E-state index in [4.69, 9.17) is 0 Å². The molecule has 0 aliphatic heterocycles. The molecule has 0 saturated carbocycles. The van der Waals surface area contributed by atoms with Gasteiger partial charge < -0.3 is 0 Å². The Balaban J connectivity index is 2.47. The summed E-state index contributed by atoms with van der Waals surface area (Å²) in [6, 6.07) is 11.1. The molecule has 78 valence electrons. The number of para-hydroxylation sites is 1. The number of nitrogens with zero attached hydrogens (tertiary/aromatic N) is 3. The molecule has 0 bridgehead atoms. The third-order valence-corrected chi connectivity index (χ3v) is 3.00. The zero-order chi connectivity index (χ0) is 11.0. The molecule has 0 amide bonds. The van der Waals surface area contributed by atoms with Gasteiger partial charge in [0.25, 0.3) is 5.56 Å². The predicted molar refractivity (Wildman–Crippen MR) is 63.0 cm³/mol. The molecular weight excluding hydrogens is 222 g/mol. The van der Waals surface area contributed by atoms with Crippen LogP contribution in [0.2, 0.25) is 0 Å². The third-order valence-electron chi connectivity index (χ3n) is 2.34. The van der Waals surface area contributed by atoms with Gasteiger partial charge in [0.15, 0.2) is 0 Å². The van der Waals surface area contributed by atoms with Gasteiger partial charge in [-0.05, 0) is 17.5 Å². The second-order valence-electron chi connectivity index (χ2n) is 3.29. The van der Waals surface area contributed by atoms with Crippen molar-refractivity contribution in [2.75, 3.05) is 0 Å². The summed E-state index contributed by atoms with van der Waals surface area (Å²) >= 11 is 1.21. The van der Waals surface area contributed by atoms with Crippen molar-refractivity contribution < 1.29 is 0 Å². The molecule has 0 aliphatic rings. The Morgan fingerprint density at radius 1 is 1.12 bits per heavy atom. The summed E-state index contributed by atoms with van der Waals surface area (Å²) in [5.74, 6) is 0. The standard InChI is InChI=1S/C11H7N3OS/c15-10-6-5-8-3-1-2-4-9(8)14(10)11-12-7-13-16-11/h1-7H. The molecule has 3 rings (SSSR count). The maximum Gasteiger partial charge on any atom is 0.257 e. The lowest BCUT2D eigenvalue weighted by atomic mass is 10.2. The van der Waals surface area contributed by atoms with Crippen LogP contribution in [0.1, 0.15) is 0 Å². The molecule has 0 fully saturated rings. The summed E-state index contributed by atoms with van der Waals surface area (Å²) < 4.78 is 5.49. The first-order chi connectivity index (χ1) is 7.86. The molecule has 0 atom stereocenters. The highest BCUT2D eigenvalue weighted by atomic mass is 32.1. The molecule has 2 aromatic heterocycles. The van der Waals surface area contributed by atoms with Gasteiger partial charge >= 0.3 is 0 Å². The second kappa shape index (κ2) is 3.53. The van der Waals surface area contributed by atoms with Crippen LogP contribution >= 0.6 is 11.5 Å². The summed E-state index contributed by atoms with van der Waals surface area (Å²) in [5, 5.41) is 1.61. The number of pyridine rings is 1. The highest BCUT2D eigenvalue weighted by Gasteiger charge is 2.06. The van der Waals surface area contributed by atoms with Crippen LogP contribution in [0.3, 0.4) is 0 Å². The van der Waals surface area contributed by atoms with E-state index in [2.05, 4.69) is 9.36 Å². The van der Waals surface area contributed by atoms with Crippen LogP contribution in [-0.2, 0) is 0 Å². The molecule has 0 unspecified atom stereocenters. The monoisotopic (exact) mass is 229 g/mol. The average Bonchev–Trinajstić information content (AvgIpc) is 2.82. The third kappa shape index (κ3) is 1.33. The minimum absolute atomic E-state index is 0.0875. The van der Waals surface area contributed by atoms with Gasteiger partial charge in [-0.15, -0.1) is 0 Å². The SMILES string of the molecule is O=c1ccc2ccccc2n1-c1ncns1. The summed E-state index contributed by atoms with van der Waals surface area (Å²) in [7, 11) is 0. The largest absolute Gasteiger partial charge is 0.269 e. The quantitative estimate of drug-likeness (QED) is 0.639. The normalized spacial score (nSPS) is 10.8. The molecule has 0 radical (unpaired) electrons. The van der Waals surface area contributed by atoms with Gasteiger partial charge in [0.05, 0.1) is 5.52 Å². The number of hydrogen-bond donors (Lipinski definition) is 0. The van der Waals surface area contributed by atoms with E-state index in [1.54, 1.807) is 10.6 Å². The highest BCUT2D eigenvalue weighted by Crippen LogP contribution is 2.15. The van der Waals surface area contributed by atoms with Gasteiger partial charge in [0.1, 0.15) is 6.33 Å².